The number of para-hydroxylation sites is 1. The Morgan fingerprint density at radius 2 is 2.11 bits per heavy atom. The first kappa shape index (κ1) is 12.7. The molecule has 0 radical (unpaired) electrons. The maximum Gasteiger partial charge on any atom is 0.101 e. The standard InChI is InChI=1S/C14H19N3O/c1-10(18)11-5-7-17(8-6-11)13-4-2-3-12(9-15)14(13)16/h2-4,10-11,18H,5-8,16H2,1H3. The van der Waals surface area contributed by atoms with Crippen molar-refractivity contribution in [3.63, 3.8) is 0 Å². The molecular formula is C14H19N3O. The van der Waals surface area contributed by atoms with E-state index in [1.54, 1.807) is 6.07 Å². The number of aliphatic hydroxyl groups is 1. The molecule has 3 N–H and O–H groups in total. The Labute approximate surface area is 108 Å². The number of aliphatic hydroxyl groups excluding tert-OH is 1. The molecule has 1 fully saturated rings. The van der Waals surface area contributed by atoms with Crippen LogP contribution >= 0.6 is 0 Å². The minimum atomic E-state index is -0.241. The predicted octanol–water partition coefficient (Wildman–Crippen LogP) is 1.74. The van der Waals surface area contributed by atoms with Crippen LogP contribution in [0.1, 0.15) is 25.3 Å². The highest BCUT2D eigenvalue weighted by molar-refractivity contribution is 5.74. The number of nitriles is 1. The van der Waals surface area contributed by atoms with Gasteiger partial charge in [-0.05, 0) is 37.8 Å². The van der Waals surface area contributed by atoms with Crippen molar-refractivity contribution in [2.24, 2.45) is 5.92 Å². The molecule has 1 atom stereocenters. The number of hydrogen-bond acceptors (Lipinski definition) is 4. The van der Waals surface area contributed by atoms with E-state index in [-0.39, 0.29) is 6.10 Å². The first-order chi connectivity index (χ1) is 8.63. The van der Waals surface area contributed by atoms with Crippen LogP contribution in [0.2, 0.25) is 0 Å². The Kier molecular flexibility index (Phi) is 3.73. The zero-order chi connectivity index (χ0) is 13.1. The quantitative estimate of drug-likeness (QED) is 0.778. The van der Waals surface area contributed by atoms with E-state index in [4.69, 9.17) is 11.0 Å². The van der Waals surface area contributed by atoms with Gasteiger partial charge in [-0.1, -0.05) is 6.07 Å². The van der Waals surface area contributed by atoms with E-state index in [2.05, 4.69) is 11.0 Å². The summed E-state index contributed by atoms with van der Waals surface area (Å²) in [6.07, 6.45) is 1.69. The number of anilines is 2. The highest BCUT2D eigenvalue weighted by Gasteiger charge is 2.23. The third-order valence-corrected chi connectivity index (χ3v) is 3.77. The molecule has 0 aromatic heterocycles. The summed E-state index contributed by atoms with van der Waals surface area (Å²) in [5, 5.41) is 18.6. The second kappa shape index (κ2) is 5.28. The van der Waals surface area contributed by atoms with E-state index in [1.807, 2.05) is 19.1 Å². The molecule has 0 saturated carbocycles. The second-order valence-electron chi connectivity index (χ2n) is 4.92. The van der Waals surface area contributed by atoms with Crippen molar-refractivity contribution in [1.82, 2.24) is 0 Å². The van der Waals surface area contributed by atoms with E-state index in [1.165, 1.54) is 0 Å². The van der Waals surface area contributed by atoms with Crippen LogP contribution in [-0.4, -0.2) is 24.3 Å². The van der Waals surface area contributed by atoms with Gasteiger partial charge in [0.25, 0.3) is 0 Å². The van der Waals surface area contributed by atoms with Gasteiger partial charge in [-0.2, -0.15) is 5.26 Å². The summed E-state index contributed by atoms with van der Waals surface area (Å²) < 4.78 is 0. The van der Waals surface area contributed by atoms with Gasteiger partial charge in [0, 0.05) is 13.1 Å². The molecular weight excluding hydrogens is 226 g/mol. The molecule has 2 rings (SSSR count). The molecule has 0 spiro atoms. The van der Waals surface area contributed by atoms with E-state index in [9.17, 15) is 5.11 Å². The summed E-state index contributed by atoms with van der Waals surface area (Å²) in [5.41, 5.74) is 8.05. The van der Waals surface area contributed by atoms with E-state index in [0.29, 0.717) is 17.2 Å². The van der Waals surface area contributed by atoms with Crippen LogP contribution in [0.3, 0.4) is 0 Å². The molecule has 18 heavy (non-hydrogen) atoms. The molecule has 96 valence electrons. The van der Waals surface area contributed by atoms with Crippen molar-refractivity contribution >= 4 is 11.4 Å². The van der Waals surface area contributed by atoms with Gasteiger partial charge < -0.3 is 15.7 Å². The minimum Gasteiger partial charge on any atom is -0.396 e. The number of benzene rings is 1. The summed E-state index contributed by atoms with van der Waals surface area (Å²) in [7, 11) is 0. The van der Waals surface area contributed by atoms with E-state index >= 15 is 0 Å². The smallest absolute Gasteiger partial charge is 0.101 e. The molecule has 1 heterocycles. The molecule has 4 heteroatoms. The van der Waals surface area contributed by atoms with E-state index < -0.39 is 0 Å². The third-order valence-electron chi connectivity index (χ3n) is 3.77. The first-order valence-corrected chi connectivity index (χ1v) is 6.35. The maximum atomic E-state index is 9.58. The lowest BCUT2D eigenvalue weighted by Crippen LogP contribution is -2.37. The van der Waals surface area contributed by atoms with Crippen LogP contribution in [0.5, 0.6) is 0 Å². The Morgan fingerprint density at radius 3 is 2.67 bits per heavy atom. The number of nitrogens with zero attached hydrogens (tertiary/aromatic N) is 2. The number of hydrogen-bond donors (Lipinski definition) is 2. The van der Waals surface area contributed by atoms with Gasteiger partial charge in [-0.25, -0.2) is 0 Å². The Balaban J connectivity index is 2.13. The molecule has 1 aliphatic heterocycles. The van der Waals surface area contributed by atoms with Gasteiger partial charge in [-0.3, -0.25) is 0 Å². The van der Waals surface area contributed by atoms with Crippen LogP contribution in [0.4, 0.5) is 11.4 Å². The summed E-state index contributed by atoms with van der Waals surface area (Å²) >= 11 is 0. The summed E-state index contributed by atoms with van der Waals surface area (Å²) in [4.78, 5) is 2.20. The zero-order valence-corrected chi connectivity index (χ0v) is 10.6. The lowest BCUT2D eigenvalue weighted by atomic mass is 9.92. The van der Waals surface area contributed by atoms with Crippen LogP contribution in [0, 0.1) is 17.2 Å². The summed E-state index contributed by atoms with van der Waals surface area (Å²) in [6, 6.07) is 7.67. The van der Waals surface area contributed by atoms with E-state index in [0.717, 1.165) is 31.6 Å². The number of nitrogens with two attached hydrogens (primary N) is 1. The molecule has 1 aromatic rings. The van der Waals surface area contributed by atoms with Gasteiger partial charge in [0.1, 0.15) is 6.07 Å². The third kappa shape index (κ3) is 2.41. The Morgan fingerprint density at radius 1 is 1.44 bits per heavy atom. The Hall–Kier alpha value is -1.73. The fourth-order valence-electron chi connectivity index (χ4n) is 2.55. The zero-order valence-electron chi connectivity index (χ0n) is 10.6. The highest BCUT2D eigenvalue weighted by Crippen LogP contribution is 2.30. The van der Waals surface area contributed by atoms with Gasteiger partial charge >= 0.3 is 0 Å². The van der Waals surface area contributed by atoms with Crippen molar-refractivity contribution in [2.75, 3.05) is 23.7 Å². The maximum absolute atomic E-state index is 9.58. The fraction of sp³-hybridized carbons (Fsp3) is 0.500. The highest BCUT2D eigenvalue weighted by atomic mass is 16.3. The van der Waals surface area contributed by atoms with Crippen LogP contribution in [-0.2, 0) is 0 Å². The largest absolute Gasteiger partial charge is 0.396 e. The van der Waals surface area contributed by atoms with Gasteiger partial charge in [0.2, 0.25) is 0 Å². The van der Waals surface area contributed by atoms with Crippen molar-refractivity contribution in [1.29, 1.82) is 5.26 Å². The molecule has 4 nitrogen and oxygen atoms in total. The minimum absolute atomic E-state index is 0.241. The number of nitrogen functional groups attached to an aromatic ring is 1. The normalized spacial score (nSPS) is 18.4. The average molecular weight is 245 g/mol. The second-order valence-corrected chi connectivity index (χ2v) is 4.92. The SMILES string of the molecule is CC(O)C1CCN(c2cccc(C#N)c2N)CC1. The molecule has 1 saturated heterocycles. The molecule has 1 unspecified atom stereocenters. The molecule has 1 aliphatic rings. The number of rotatable bonds is 2. The van der Waals surface area contributed by atoms with Crippen LogP contribution in [0.15, 0.2) is 18.2 Å². The molecule has 0 bridgehead atoms. The van der Waals surface area contributed by atoms with Gasteiger partial charge in [0.05, 0.1) is 23.0 Å². The van der Waals surface area contributed by atoms with Crippen molar-refractivity contribution in [3.8, 4) is 6.07 Å². The molecule has 0 aliphatic carbocycles. The Bertz CT molecular complexity index is 457. The average Bonchev–Trinajstić information content (AvgIpc) is 2.39. The van der Waals surface area contributed by atoms with Crippen molar-refractivity contribution in [2.45, 2.75) is 25.9 Å². The van der Waals surface area contributed by atoms with Crippen LogP contribution < -0.4 is 10.6 Å². The molecule has 0 amide bonds. The first-order valence-electron chi connectivity index (χ1n) is 6.35. The van der Waals surface area contributed by atoms with Crippen LogP contribution in [0.25, 0.3) is 0 Å². The van der Waals surface area contributed by atoms with Gasteiger partial charge in [-0.15, -0.1) is 0 Å². The summed E-state index contributed by atoms with van der Waals surface area (Å²) in [5.74, 6) is 0.377. The van der Waals surface area contributed by atoms with Crippen molar-refractivity contribution in [3.05, 3.63) is 23.8 Å². The summed E-state index contributed by atoms with van der Waals surface area (Å²) in [6.45, 7) is 3.62. The number of piperidine rings is 1. The lowest BCUT2D eigenvalue weighted by molar-refractivity contribution is 0.110. The molecule has 1 aromatic carbocycles. The van der Waals surface area contributed by atoms with Crippen molar-refractivity contribution < 1.29 is 5.11 Å². The topological polar surface area (TPSA) is 73.3 Å². The van der Waals surface area contributed by atoms with Gasteiger partial charge in [0.15, 0.2) is 0 Å². The predicted molar refractivity (Wildman–Crippen MR) is 72.2 cm³/mol. The fourth-order valence-corrected chi connectivity index (χ4v) is 2.55. The lowest BCUT2D eigenvalue weighted by Gasteiger charge is -2.35. The monoisotopic (exact) mass is 245 g/mol.